The smallest absolute Gasteiger partial charge is 0.240 e. The van der Waals surface area contributed by atoms with Crippen LogP contribution in [0.2, 0.25) is 0 Å². The van der Waals surface area contributed by atoms with Crippen LogP contribution >= 0.6 is 0 Å². The topological polar surface area (TPSA) is 62.3 Å². The Morgan fingerprint density at radius 1 is 0.848 bits per heavy atom. The highest BCUT2D eigenvalue weighted by molar-refractivity contribution is 7.89. The molecule has 5 nitrogen and oxygen atoms in total. The maximum absolute atomic E-state index is 12.8. The molecule has 0 unspecified atom stereocenters. The molecule has 0 amide bonds. The molecule has 3 aromatic rings. The number of sulfonamides is 1. The van der Waals surface area contributed by atoms with Gasteiger partial charge in [0.25, 0.3) is 0 Å². The molecule has 2 heterocycles. The third-order valence-electron chi connectivity index (χ3n) is 5.91. The van der Waals surface area contributed by atoms with E-state index in [4.69, 9.17) is 0 Å². The third kappa shape index (κ3) is 7.09. The molecule has 1 N–H and O–H groups in total. The fraction of sp³-hybridized carbons (Fsp3) is 0.296. The van der Waals surface area contributed by atoms with Crippen LogP contribution in [-0.4, -0.2) is 44.5 Å². The lowest BCUT2D eigenvalue weighted by molar-refractivity contribution is 0.233. The maximum atomic E-state index is 12.8. The van der Waals surface area contributed by atoms with Crippen molar-refractivity contribution in [3.05, 3.63) is 95.3 Å². The third-order valence-corrected chi connectivity index (χ3v) is 7.37. The van der Waals surface area contributed by atoms with Crippen molar-refractivity contribution in [2.24, 2.45) is 0 Å². The first-order chi connectivity index (χ1) is 16.1. The van der Waals surface area contributed by atoms with E-state index in [2.05, 4.69) is 45.0 Å². The van der Waals surface area contributed by atoms with E-state index in [0.29, 0.717) is 17.9 Å². The summed E-state index contributed by atoms with van der Waals surface area (Å²) in [5, 5.41) is 0. The van der Waals surface area contributed by atoms with Gasteiger partial charge in [0.1, 0.15) is 0 Å². The summed E-state index contributed by atoms with van der Waals surface area (Å²) < 4.78 is 28.4. The highest BCUT2D eigenvalue weighted by Gasteiger charge is 2.16. The molecule has 1 aliphatic rings. The molecular weight excluding hydrogens is 430 g/mol. The molecule has 0 bridgehead atoms. The number of nitrogens with zero attached hydrogens (tertiary/aromatic N) is 2. The van der Waals surface area contributed by atoms with Gasteiger partial charge in [-0.25, -0.2) is 13.1 Å². The lowest BCUT2D eigenvalue weighted by Crippen LogP contribution is -2.37. The fourth-order valence-corrected chi connectivity index (χ4v) is 5.23. The van der Waals surface area contributed by atoms with Crippen molar-refractivity contribution in [3.8, 4) is 0 Å². The number of rotatable bonds is 9. The molecule has 2 aromatic carbocycles. The van der Waals surface area contributed by atoms with Crippen LogP contribution in [0.1, 0.15) is 41.5 Å². The van der Waals surface area contributed by atoms with Crippen LogP contribution in [0.15, 0.2) is 78.0 Å². The molecular formula is C27H31N3O2S. The molecule has 1 aromatic heterocycles. The minimum Gasteiger partial charge on any atom is -0.302 e. The Labute approximate surface area is 197 Å². The minimum absolute atomic E-state index is 0.326. The Morgan fingerprint density at radius 2 is 1.55 bits per heavy atom. The number of nitrogens with one attached hydrogen (secondary N) is 1. The first-order valence-electron chi connectivity index (χ1n) is 11.6. The Bertz CT molecular complexity index is 1170. The van der Waals surface area contributed by atoms with Gasteiger partial charge in [-0.2, -0.15) is 0 Å². The summed E-state index contributed by atoms with van der Waals surface area (Å²) in [4.78, 5) is 6.70. The van der Waals surface area contributed by atoms with E-state index in [1.54, 1.807) is 24.5 Å². The zero-order valence-corrected chi connectivity index (χ0v) is 19.7. The zero-order chi connectivity index (χ0) is 22.9. The van der Waals surface area contributed by atoms with Gasteiger partial charge in [0, 0.05) is 25.5 Å². The van der Waals surface area contributed by atoms with Gasteiger partial charge in [0.05, 0.1) is 4.90 Å². The van der Waals surface area contributed by atoms with Crippen molar-refractivity contribution in [1.82, 2.24) is 14.6 Å². The number of aromatic nitrogens is 1. The highest BCUT2D eigenvalue weighted by atomic mass is 32.2. The summed E-state index contributed by atoms with van der Waals surface area (Å²) in [6.07, 6.45) is 12.0. The summed E-state index contributed by atoms with van der Waals surface area (Å²) in [5.41, 5.74) is 4.32. The van der Waals surface area contributed by atoms with Gasteiger partial charge in [-0.05, 0) is 78.9 Å². The quantitative estimate of drug-likeness (QED) is 0.506. The van der Waals surface area contributed by atoms with Crippen LogP contribution in [0, 0.1) is 0 Å². The predicted octanol–water partition coefficient (Wildman–Crippen LogP) is 4.61. The molecule has 1 fully saturated rings. The summed E-state index contributed by atoms with van der Waals surface area (Å²) in [7, 11) is -3.52. The van der Waals surface area contributed by atoms with Crippen LogP contribution in [-0.2, 0) is 16.4 Å². The predicted molar refractivity (Wildman–Crippen MR) is 134 cm³/mol. The van der Waals surface area contributed by atoms with E-state index in [9.17, 15) is 8.42 Å². The second-order valence-electron chi connectivity index (χ2n) is 8.48. The second kappa shape index (κ2) is 11.4. The summed E-state index contributed by atoms with van der Waals surface area (Å²) in [6, 6.07) is 19.5. The molecule has 1 saturated heterocycles. The van der Waals surface area contributed by atoms with E-state index in [0.717, 1.165) is 41.9 Å². The number of benzene rings is 2. The van der Waals surface area contributed by atoms with Gasteiger partial charge in [-0.1, -0.05) is 55.0 Å². The number of piperidine rings is 1. The molecule has 4 rings (SSSR count). The van der Waals surface area contributed by atoms with E-state index < -0.39 is 10.0 Å². The molecule has 172 valence electrons. The van der Waals surface area contributed by atoms with Crippen LogP contribution in [0.4, 0.5) is 0 Å². The Kier molecular flexibility index (Phi) is 8.05. The fourth-order valence-electron chi connectivity index (χ4n) is 4.14. The minimum atomic E-state index is -3.52. The molecule has 0 radical (unpaired) electrons. The highest BCUT2D eigenvalue weighted by Crippen LogP contribution is 2.17. The lowest BCUT2D eigenvalue weighted by Gasteiger charge is -2.26. The number of hydrogen-bond acceptors (Lipinski definition) is 4. The van der Waals surface area contributed by atoms with Crippen molar-refractivity contribution in [2.75, 3.05) is 26.2 Å². The summed E-state index contributed by atoms with van der Waals surface area (Å²) >= 11 is 0. The van der Waals surface area contributed by atoms with E-state index in [-0.39, 0.29) is 0 Å². The van der Waals surface area contributed by atoms with Gasteiger partial charge >= 0.3 is 0 Å². The molecule has 0 aliphatic carbocycles. The Morgan fingerprint density at radius 3 is 2.33 bits per heavy atom. The van der Waals surface area contributed by atoms with Crippen molar-refractivity contribution in [2.45, 2.75) is 30.6 Å². The normalized spacial score (nSPS) is 15.2. The van der Waals surface area contributed by atoms with Gasteiger partial charge in [-0.3, -0.25) is 4.98 Å². The SMILES string of the molecule is O=S(=O)(NCCN1CCCCC1)c1cccc(Cc2cccc(/C=C/c3ccncc3)c2)c1. The van der Waals surface area contributed by atoms with Gasteiger partial charge in [0.2, 0.25) is 10.0 Å². The number of hydrogen-bond donors (Lipinski definition) is 1. The van der Waals surface area contributed by atoms with Crippen LogP contribution in [0.5, 0.6) is 0 Å². The zero-order valence-electron chi connectivity index (χ0n) is 18.9. The average Bonchev–Trinajstić information content (AvgIpc) is 2.84. The van der Waals surface area contributed by atoms with Gasteiger partial charge in [-0.15, -0.1) is 0 Å². The monoisotopic (exact) mass is 461 g/mol. The molecule has 0 saturated carbocycles. The van der Waals surface area contributed by atoms with E-state index in [1.165, 1.54) is 19.3 Å². The first kappa shape index (κ1) is 23.4. The number of pyridine rings is 1. The van der Waals surface area contributed by atoms with Crippen LogP contribution in [0.3, 0.4) is 0 Å². The Hall–Kier alpha value is -2.80. The van der Waals surface area contributed by atoms with Crippen LogP contribution in [0.25, 0.3) is 12.2 Å². The van der Waals surface area contributed by atoms with Crippen molar-refractivity contribution in [3.63, 3.8) is 0 Å². The summed E-state index contributed by atoms with van der Waals surface area (Å²) in [5.74, 6) is 0. The largest absolute Gasteiger partial charge is 0.302 e. The van der Waals surface area contributed by atoms with Crippen molar-refractivity contribution >= 4 is 22.2 Å². The Balaban J connectivity index is 1.39. The second-order valence-corrected chi connectivity index (χ2v) is 10.3. The van der Waals surface area contributed by atoms with E-state index in [1.807, 2.05) is 30.3 Å². The molecule has 0 spiro atoms. The van der Waals surface area contributed by atoms with Crippen LogP contribution < -0.4 is 4.72 Å². The number of likely N-dealkylation sites (tertiary alicyclic amines) is 1. The van der Waals surface area contributed by atoms with Crippen molar-refractivity contribution < 1.29 is 8.42 Å². The first-order valence-corrected chi connectivity index (χ1v) is 13.0. The average molecular weight is 462 g/mol. The maximum Gasteiger partial charge on any atom is 0.240 e. The van der Waals surface area contributed by atoms with Gasteiger partial charge in [0.15, 0.2) is 0 Å². The molecule has 6 heteroatoms. The van der Waals surface area contributed by atoms with Crippen molar-refractivity contribution in [1.29, 1.82) is 0 Å². The van der Waals surface area contributed by atoms with Gasteiger partial charge < -0.3 is 4.90 Å². The summed E-state index contributed by atoms with van der Waals surface area (Å²) in [6.45, 7) is 3.33. The lowest BCUT2D eigenvalue weighted by atomic mass is 10.0. The molecule has 0 atom stereocenters. The standard InChI is InChI=1S/C27H31N3O2S/c31-33(32,29-16-19-30-17-2-1-3-18-30)27-9-5-8-26(22-27)21-25-7-4-6-24(20-25)11-10-23-12-14-28-15-13-23/h4-15,20,22,29H,1-3,16-19,21H2/b11-10+. The molecule has 33 heavy (non-hydrogen) atoms. The van der Waals surface area contributed by atoms with E-state index >= 15 is 0 Å². The molecule has 1 aliphatic heterocycles.